The van der Waals surface area contributed by atoms with E-state index in [0.29, 0.717) is 0 Å². The van der Waals surface area contributed by atoms with Crippen LogP contribution in [0.1, 0.15) is 30.9 Å². The van der Waals surface area contributed by atoms with Crippen LogP contribution in [0.15, 0.2) is 156 Å². The third-order valence-electron chi connectivity index (χ3n) is 11.7. The average molecular weight is 671 g/mol. The summed E-state index contributed by atoms with van der Waals surface area (Å²) in [7, 11) is 2.21. The van der Waals surface area contributed by atoms with Gasteiger partial charge in [-0.1, -0.05) is 97.1 Å². The van der Waals surface area contributed by atoms with E-state index < -0.39 is 0 Å². The number of fused-ring (bicyclic) bond motifs is 6. The lowest BCUT2D eigenvalue weighted by Gasteiger charge is -2.40. The first-order chi connectivity index (χ1) is 25.7. The first-order valence-electron chi connectivity index (χ1n) is 18.3. The minimum Gasteiger partial charge on any atom is -0.350 e. The van der Waals surface area contributed by atoms with E-state index in [0.717, 1.165) is 35.3 Å². The second-order valence-corrected chi connectivity index (χ2v) is 14.4. The fourth-order valence-electron chi connectivity index (χ4n) is 9.40. The zero-order chi connectivity index (χ0) is 34.1. The van der Waals surface area contributed by atoms with Gasteiger partial charge in [0.2, 0.25) is 0 Å². The van der Waals surface area contributed by atoms with Crippen molar-refractivity contribution in [1.29, 1.82) is 0 Å². The molecule has 2 atom stereocenters. The molecule has 0 radical (unpaired) electrons. The maximum Gasteiger partial charge on any atom is 0.186 e. The lowest BCUT2D eigenvalue weighted by molar-refractivity contribution is 0.109. The van der Waals surface area contributed by atoms with Gasteiger partial charge in [0.1, 0.15) is 12.0 Å². The maximum absolute atomic E-state index is 5.62. The van der Waals surface area contributed by atoms with Crippen LogP contribution in [0.3, 0.4) is 0 Å². The highest BCUT2D eigenvalue weighted by Crippen LogP contribution is 2.47. The number of nitrogens with one attached hydrogen (secondary N) is 1. The van der Waals surface area contributed by atoms with E-state index in [1.165, 1.54) is 71.0 Å². The molecule has 2 unspecified atom stereocenters. The lowest BCUT2D eigenvalue weighted by Crippen LogP contribution is -2.47. The molecule has 0 amide bonds. The predicted molar refractivity (Wildman–Crippen MR) is 216 cm³/mol. The van der Waals surface area contributed by atoms with Gasteiger partial charge in [-0.15, -0.1) is 0 Å². The monoisotopic (exact) mass is 670 g/mol. The maximum atomic E-state index is 5.62. The van der Waals surface area contributed by atoms with Crippen LogP contribution >= 0.6 is 0 Å². The van der Waals surface area contributed by atoms with Crippen molar-refractivity contribution < 1.29 is 0 Å². The second kappa shape index (κ2) is 10.3. The van der Waals surface area contributed by atoms with E-state index >= 15 is 0 Å². The zero-order valence-electron chi connectivity index (χ0n) is 28.7. The molecule has 52 heavy (non-hydrogen) atoms. The predicted octanol–water partition coefficient (Wildman–Crippen LogP) is 10.7. The third-order valence-corrected chi connectivity index (χ3v) is 11.7. The Morgan fingerprint density at radius 3 is 1.73 bits per heavy atom. The summed E-state index contributed by atoms with van der Waals surface area (Å²) in [6.45, 7) is 0. The fraction of sp³-hybridized carbons (Fsp3) is 0.109. The number of amidine groups is 1. The van der Waals surface area contributed by atoms with E-state index in [1.54, 1.807) is 0 Å². The molecule has 13 rings (SSSR count). The zero-order valence-corrected chi connectivity index (χ0v) is 28.7. The van der Waals surface area contributed by atoms with Crippen LogP contribution in [0, 0.1) is 0 Å². The molecule has 1 N–H and O–H groups in total. The Morgan fingerprint density at radius 1 is 0.577 bits per heavy atom. The quantitative estimate of drug-likeness (QED) is 0.203. The highest BCUT2D eigenvalue weighted by atomic mass is 15.5. The van der Waals surface area contributed by atoms with Gasteiger partial charge < -0.3 is 18.7 Å². The molecule has 0 fully saturated rings. The number of aliphatic imine (C=N–C) groups is 1. The number of para-hydroxylation sites is 2. The molecule has 11 aromatic rings. The van der Waals surface area contributed by atoms with Crippen molar-refractivity contribution in [2.45, 2.75) is 25.3 Å². The van der Waals surface area contributed by atoms with Crippen molar-refractivity contribution in [3.05, 3.63) is 157 Å². The highest BCUT2D eigenvalue weighted by molar-refractivity contribution is 6.32. The third kappa shape index (κ3) is 3.64. The van der Waals surface area contributed by atoms with Gasteiger partial charge in [0.05, 0.1) is 33.1 Å². The minimum atomic E-state index is -0.318. The molecule has 0 spiro atoms. The number of hydrogen-bond acceptors (Lipinski definition) is 3. The summed E-state index contributed by atoms with van der Waals surface area (Å²) < 4.78 is 7.49. The van der Waals surface area contributed by atoms with Gasteiger partial charge in [0.25, 0.3) is 0 Å². The number of hydrogen-bond donors (Lipinski definition) is 1. The summed E-state index contributed by atoms with van der Waals surface area (Å²) in [5.74, 6) is 0.934. The molecule has 2 bridgehead atoms. The number of rotatable bonds is 3. The summed E-state index contributed by atoms with van der Waals surface area (Å²) >= 11 is 0. The molecule has 2 aliphatic rings. The van der Waals surface area contributed by atoms with E-state index in [4.69, 9.17) is 4.99 Å². The Morgan fingerprint density at radius 2 is 1.15 bits per heavy atom. The molecular formula is C46H34N6. The first kappa shape index (κ1) is 28.3. The molecule has 6 heterocycles. The molecule has 6 nitrogen and oxygen atoms in total. The highest BCUT2D eigenvalue weighted by Gasteiger charge is 2.35. The van der Waals surface area contributed by atoms with Crippen molar-refractivity contribution in [3.63, 3.8) is 0 Å². The van der Waals surface area contributed by atoms with Gasteiger partial charge in [-0.05, 0) is 74.0 Å². The molecule has 6 heteroatoms. The van der Waals surface area contributed by atoms with Crippen LogP contribution in [0.4, 0.5) is 0 Å². The Labute approximate surface area is 299 Å². The Hall–Kier alpha value is -6.37. The SMILES string of the molecule is CN1C(c2ccccc2)NC(C2=CCCC=C2)=NC1n1c2ccc3c4ccccc4n4c5ccc(cc5)n5c6ccccc6c6ccc1c(c2c34)c65. The second-order valence-electron chi connectivity index (χ2n) is 14.4. The molecular weight excluding hydrogens is 637 g/mol. The smallest absolute Gasteiger partial charge is 0.186 e. The topological polar surface area (TPSA) is 41.4 Å². The van der Waals surface area contributed by atoms with E-state index in [-0.39, 0.29) is 12.5 Å². The van der Waals surface area contributed by atoms with Crippen LogP contribution in [0.2, 0.25) is 0 Å². The number of benzene rings is 6. The first-order valence-corrected chi connectivity index (χ1v) is 18.3. The summed E-state index contributed by atoms with van der Waals surface area (Å²) in [5, 5.41) is 11.4. The van der Waals surface area contributed by atoms with Crippen LogP contribution in [0.5, 0.6) is 0 Å². The van der Waals surface area contributed by atoms with Crippen molar-refractivity contribution in [2.75, 3.05) is 7.05 Å². The number of allylic oxidation sites excluding steroid dienone is 2. The van der Waals surface area contributed by atoms with Crippen molar-refractivity contribution in [1.82, 2.24) is 23.6 Å². The molecule has 248 valence electrons. The Kier molecular flexibility index (Phi) is 5.64. The average Bonchev–Trinajstić information content (AvgIpc) is 3.84. The largest absolute Gasteiger partial charge is 0.350 e. The van der Waals surface area contributed by atoms with Crippen LogP contribution in [-0.4, -0.2) is 31.2 Å². The van der Waals surface area contributed by atoms with Crippen molar-refractivity contribution >= 4 is 82.3 Å². The molecule has 6 aromatic carbocycles. The van der Waals surface area contributed by atoms with Gasteiger partial charge in [0, 0.05) is 48.9 Å². The molecule has 0 saturated heterocycles. The molecule has 0 saturated carbocycles. The van der Waals surface area contributed by atoms with E-state index in [1.807, 2.05) is 0 Å². The minimum absolute atomic E-state index is 0.0785. The number of nitrogens with zero attached hydrogens (tertiary/aromatic N) is 5. The molecule has 5 aromatic heterocycles. The summed E-state index contributed by atoms with van der Waals surface area (Å²) in [6, 6.07) is 47.0. The fourth-order valence-corrected chi connectivity index (χ4v) is 9.40. The summed E-state index contributed by atoms with van der Waals surface area (Å²) in [4.78, 5) is 8.00. The summed E-state index contributed by atoms with van der Waals surface area (Å²) in [5.41, 5.74) is 11.9. The normalized spacial score (nSPS) is 18.6. The Balaban J connectivity index is 1.31. The summed E-state index contributed by atoms with van der Waals surface area (Å²) in [6.07, 6.45) is 8.50. The van der Waals surface area contributed by atoms with E-state index in [9.17, 15) is 0 Å². The van der Waals surface area contributed by atoms with Crippen molar-refractivity contribution in [2.24, 2.45) is 4.99 Å². The molecule has 1 aliphatic heterocycles. The van der Waals surface area contributed by atoms with Gasteiger partial charge in [-0.2, -0.15) is 0 Å². The molecule has 1 aliphatic carbocycles. The van der Waals surface area contributed by atoms with Crippen LogP contribution < -0.4 is 5.32 Å². The van der Waals surface area contributed by atoms with Crippen LogP contribution in [0.25, 0.3) is 76.5 Å². The van der Waals surface area contributed by atoms with Gasteiger partial charge in [-0.25, -0.2) is 9.89 Å². The van der Waals surface area contributed by atoms with Gasteiger partial charge in [0.15, 0.2) is 6.29 Å². The van der Waals surface area contributed by atoms with E-state index in [2.05, 4.69) is 176 Å². The number of aromatic nitrogens is 3. The van der Waals surface area contributed by atoms with Gasteiger partial charge in [-0.3, -0.25) is 0 Å². The van der Waals surface area contributed by atoms with Crippen molar-refractivity contribution in [3.8, 4) is 0 Å². The standard InChI is InChI=1S/C46H34N6/c1-49-45(29-14-6-3-7-15-29)47-44(28-12-4-2-5-13-28)48-46(49)52-38-26-24-34-32-16-8-10-18-36(32)50-30-20-22-31(23-21-30)51-37-19-11-9-17-33(37)35-25-27-39(52)41(43(35)51)40(38)42(34)50/h3-4,6-27,45-46H,2,5H2,1H3,(H,47,48). The Bertz CT molecular complexity index is 3010. The van der Waals surface area contributed by atoms with Crippen LogP contribution in [-0.2, 0) is 0 Å². The lowest BCUT2D eigenvalue weighted by atomic mass is 10.0. The van der Waals surface area contributed by atoms with Gasteiger partial charge >= 0.3 is 0 Å².